The molecular weight excluding hydrogens is 685 g/mol. The third kappa shape index (κ3) is 5.29. The number of para-hydroxylation sites is 2. The molecule has 56 heavy (non-hydrogen) atoms. The number of hydrogen-bond acceptors (Lipinski definition) is 4. The average Bonchev–Trinajstić information content (AvgIpc) is 3.83. The summed E-state index contributed by atoms with van der Waals surface area (Å²) in [6, 6.07) is 67.4. The zero-order valence-corrected chi connectivity index (χ0v) is 30.2. The third-order valence-electron chi connectivity index (χ3n) is 10.7. The lowest BCUT2D eigenvalue weighted by atomic mass is 9.96. The molecule has 262 valence electrons. The molecule has 3 aromatic heterocycles. The largest absolute Gasteiger partial charge is 0.454 e. The third-order valence-corrected chi connectivity index (χ3v) is 10.7. The number of rotatable bonds is 6. The van der Waals surface area contributed by atoms with Gasteiger partial charge in [0.15, 0.2) is 17.2 Å². The maximum Gasteiger partial charge on any atom is 0.238 e. The minimum atomic E-state index is 0.525. The van der Waals surface area contributed by atoms with Gasteiger partial charge in [0.2, 0.25) is 5.95 Å². The maximum absolute atomic E-state index is 6.64. The first-order valence-electron chi connectivity index (χ1n) is 18.8. The Labute approximate surface area is 322 Å². The molecule has 0 spiro atoms. The quantitative estimate of drug-likeness (QED) is 0.172. The van der Waals surface area contributed by atoms with Crippen molar-refractivity contribution in [3.63, 3.8) is 0 Å². The molecule has 0 aliphatic carbocycles. The number of aromatic nitrogens is 4. The molecule has 5 heteroatoms. The van der Waals surface area contributed by atoms with Crippen LogP contribution in [0.1, 0.15) is 0 Å². The first-order chi connectivity index (χ1) is 27.8. The number of hydrogen-bond donors (Lipinski definition) is 0. The fraction of sp³-hybridized carbons (Fsp3) is 0. The SMILES string of the molecule is c1ccc(-c2ccc(-c3ccc(-c4ccccc4-c4nc(-c5ccccc5)nc(-n5c6ccccc6c6ccc7c8ccccc8oc7c65)n4)cc3)cc2)cc1. The molecule has 5 nitrogen and oxygen atoms in total. The second-order valence-corrected chi connectivity index (χ2v) is 14.0. The number of fused-ring (bicyclic) bond motifs is 7. The lowest BCUT2D eigenvalue weighted by Crippen LogP contribution is -2.07. The van der Waals surface area contributed by atoms with Crippen molar-refractivity contribution in [1.82, 2.24) is 19.5 Å². The van der Waals surface area contributed by atoms with Gasteiger partial charge in [0.1, 0.15) is 11.1 Å². The lowest BCUT2D eigenvalue weighted by molar-refractivity contribution is 0.670. The Balaban J connectivity index is 1.08. The van der Waals surface area contributed by atoms with Gasteiger partial charge in [-0.1, -0.05) is 176 Å². The highest BCUT2D eigenvalue weighted by Gasteiger charge is 2.22. The Hall–Kier alpha value is -7.63. The fourth-order valence-corrected chi connectivity index (χ4v) is 8.00. The van der Waals surface area contributed by atoms with Crippen molar-refractivity contribution in [2.75, 3.05) is 0 Å². The van der Waals surface area contributed by atoms with Crippen molar-refractivity contribution >= 4 is 43.7 Å². The van der Waals surface area contributed by atoms with E-state index >= 15 is 0 Å². The zero-order valence-electron chi connectivity index (χ0n) is 30.2. The van der Waals surface area contributed by atoms with Gasteiger partial charge in [0, 0.05) is 32.7 Å². The second kappa shape index (κ2) is 13.0. The molecule has 0 fully saturated rings. The Morgan fingerprint density at radius 1 is 0.339 bits per heavy atom. The van der Waals surface area contributed by atoms with E-state index in [1.54, 1.807) is 0 Å². The average molecular weight is 717 g/mol. The molecule has 0 unspecified atom stereocenters. The summed E-state index contributed by atoms with van der Waals surface area (Å²) in [5.74, 6) is 1.71. The molecule has 11 rings (SSSR count). The monoisotopic (exact) mass is 716 g/mol. The highest BCUT2D eigenvalue weighted by Crippen LogP contribution is 2.40. The van der Waals surface area contributed by atoms with Gasteiger partial charge < -0.3 is 4.42 Å². The summed E-state index contributed by atoms with van der Waals surface area (Å²) in [6.45, 7) is 0. The summed E-state index contributed by atoms with van der Waals surface area (Å²) in [6.07, 6.45) is 0. The van der Waals surface area contributed by atoms with E-state index in [9.17, 15) is 0 Å². The van der Waals surface area contributed by atoms with Gasteiger partial charge in [-0.05, 0) is 51.6 Å². The van der Waals surface area contributed by atoms with Crippen molar-refractivity contribution in [2.24, 2.45) is 0 Å². The zero-order chi connectivity index (χ0) is 37.0. The predicted octanol–water partition coefficient (Wildman–Crippen LogP) is 13.2. The van der Waals surface area contributed by atoms with Crippen LogP contribution >= 0.6 is 0 Å². The van der Waals surface area contributed by atoms with Crippen molar-refractivity contribution < 1.29 is 4.42 Å². The molecule has 0 aliphatic heterocycles. The molecular formula is C51H32N4O. The summed E-state index contributed by atoms with van der Waals surface area (Å²) in [4.78, 5) is 15.7. The van der Waals surface area contributed by atoms with E-state index in [2.05, 4.69) is 144 Å². The summed E-state index contributed by atoms with van der Waals surface area (Å²) < 4.78 is 8.79. The van der Waals surface area contributed by atoms with E-state index in [4.69, 9.17) is 19.4 Å². The molecule has 8 aromatic carbocycles. The van der Waals surface area contributed by atoms with Crippen molar-refractivity contribution in [1.29, 1.82) is 0 Å². The van der Waals surface area contributed by atoms with Gasteiger partial charge in [-0.15, -0.1) is 0 Å². The smallest absolute Gasteiger partial charge is 0.238 e. The number of benzene rings is 8. The van der Waals surface area contributed by atoms with Crippen molar-refractivity contribution in [3.05, 3.63) is 194 Å². The minimum Gasteiger partial charge on any atom is -0.454 e. The van der Waals surface area contributed by atoms with Gasteiger partial charge in [-0.3, -0.25) is 4.57 Å². The molecule has 3 heterocycles. The molecule has 11 aromatic rings. The second-order valence-electron chi connectivity index (χ2n) is 14.0. The maximum atomic E-state index is 6.64. The summed E-state index contributed by atoms with van der Waals surface area (Å²) in [7, 11) is 0. The molecule has 0 saturated carbocycles. The van der Waals surface area contributed by atoms with Crippen LogP contribution in [0.15, 0.2) is 199 Å². The van der Waals surface area contributed by atoms with Gasteiger partial charge in [-0.25, -0.2) is 4.98 Å². The Morgan fingerprint density at radius 3 is 1.57 bits per heavy atom. The summed E-state index contributed by atoms with van der Waals surface area (Å²) in [5, 5.41) is 4.30. The van der Waals surface area contributed by atoms with Crippen LogP contribution in [-0.2, 0) is 0 Å². The highest BCUT2D eigenvalue weighted by atomic mass is 16.3. The van der Waals surface area contributed by atoms with Crippen LogP contribution in [0.3, 0.4) is 0 Å². The van der Waals surface area contributed by atoms with Crippen molar-refractivity contribution in [3.8, 4) is 62.1 Å². The lowest BCUT2D eigenvalue weighted by Gasteiger charge is -2.14. The Bertz CT molecular complexity index is 3220. The van der Waals surface area contributed by atoms with Gasteiger partial charge in [0.05, 0.1) is 5.52 Å². The van der Waals surface area contributed by atoms with Crippen LogP contribution in [0.4, 0.5) is 0 Å². The van der Waals surface area contributed by atoms with Gasteiger partial charge in [0.25, 0.3) is 0 Å². The van der Waals surface area contributed by atoms with E-state index in [1.165, 1.54) is 16.7 Å². The van der Waals surface area contributed by atoms with E-state index in [0.717, 1.165) is 71.6 Å². The van der Waals surface area contributed by atoms with Crippen LogP contribution in [0.2, 0.25) is 0 Å². The highest BCUT2D eigenvalue weighted by molar-refractivity contribution is 6.21. The van der Waals surface area contributed by atoms with E-state index in [-0.39, 0.29) is 0 Å². The molecule has 0 atom stereocenters. The normalized spacial score (nSPS) is 11.6. The van der Waals surface area contributed by atoms with Crippen LogP contribution in [0.25, 0.3) is 106 Å². The Morgan fingerprint density at radius 2 is 0.857 bits per heavy atom. The first-order valence-corrected chi connectivity index (χ1v) is 18.8. The fourth-order valence-electron chi connectivity index (χ4n) is 8.00. The molecule has 0 aliphatic rings. The topological polar surface area (TPSA) is 56.7 Å². The molecule has 0 amide bonds. The van der Waals surface area contributed by atoms with Gasteiger partial charge in [-0.2, -0.15) is 9.97 Å². The van der Waals surface area contributed by atoms with Gasteiger partial charge >= 0.3 is 0 Å². The summed E-state index contributed by atoms with van der Waals surface area (Å²) >= 11 is 0. The Kier molecular flexibility index (Phi) is 7.42. The van der Waals surface area contributed by atoms with Crippen LogP contribution in [-0.4, -0.2) is 19.5 Å². The number of furan rings is 1. The van der Waals surface area contributed by atoms with Crippen LogP contribution < -0.4 is 0 Å². The standard InChI is InChI=1S/C51H32N4O/c1-3-13-33(14-4-1)34-23-25-35(26-24-34)36-27-29-37(30-28-36)39-17-7-8-20-44(39)50-52-49(38-15-5-2-6-16-38)53-51(54-50)55-45-21-11-9-18-40(45)42-31-32-43-41-19-10-12-22-46(41)56-48(43)47(42)55/h1-32H. The molecule has 0 saturated heterocycles. The minimum absolute atomic E-state index is 0.525. The van der Waals surface area contributed by atoms with Crippen molar-refractivity contribution in [2.45, 2.75) is 0 Å². The van der Waals surface area contributed by atoms with E-state index < -0.39 is 0 Å². The predicted molar refractivity (Wildman–Crippen MR) is 229 cm³/mol. The summed E-state index contributed by atoms with van der Waals surface area (Å²) in [5.41, 5.74) is 12.3. The molecule has 0 radical (unpaired) electrons. The van der Waals surface area contributed by atoms with Crippen LogP contribution in [0.5, 0.6) is 0 Å². The first kappa shape index (κ1) is 31.9. The van der Waals surface area contributed by atoms with Crippen LogP contribution in [0, 0.1) is 0 Å². The molecule has 0 bridgehead atoms. The van der Waals surface area contributed by atoms with E-state index in [0.29, 0.717) is 17.6 Å². The van der Waals surface area contributed by atoms with E-state index in [1.807, 2.05) is 54.6 Å². The number of nitrogens with zero attached hydrogens (tertiary/aromatic N) is 4. The molecule has 0 N–H and O–H groups in total.